The van der Waals surface area contributed by atoms with E-state index in [4.69, 9.17) is 0 Å². The van der Waals surface area contributed by atoms with Crippen molar-refractivity contribution in [2.24, 2.45) is 17.8 Å². The van der Waals surface area contributed by atoms with E-state index >= 15 is 0 Å². The number of unbranched alkanes of at least 4 members (excludes halogenated alkanes) is 5. The lowest BCUT2D eigenvalue weighted by atomic mass is 9.82. The van der Waals surface area contributed by atoms with Crippen molar-refractivity contribution in [2.45, 2.75) is 124 Å². The van der Waals surface area contributed by atoms with Crippen LogP contribution < -0.4 is 0 Å². The van der Waals surface area contributed by atoms with Crippen LogP contribution in [0.25, 0.3) is 0 Å². The molecule has 0 spiro atoms. The maximum Gasteiger partial charge on any atom is -0.0391 e. The molecule has 0 radical (unpaired) electrons. The Kier molecular flexibility index (Phi) is 12.2. The minimum absolute atomic E-state index is 0.961. The lowest BCUT2D eigenvalue weighted by Gasteiger charge is -2.24. The second-order valence-electron chi connectivity index (χ2n) is 8.14. The van der Waals surface area contributed by atoms with E-state index in [0.717, 1.165) is 17.8 Å². The Labute approximate surface area is 141 Å². The van der Waals surface area contributed by atoms with E-state index in [1.54, 1.807) is 0 Å². The molecule has 0 aromatic rings. The summed E-state index contributed by atoms with van der Waals surface area (Å²) in [6, 6.07) is 0. The van der Waals surface area contributed by atoms with Gasteiger partial charge in [0.1, 0.15) is 0 Å². The smallest absolute Gasteiger partial charge is 0.0391 e. The highest BCUT2D eigenvalue weighted by atomic mass is 14.2. The molecular weight excluding hydrogens is 264 g/mol. The first-order chi connectivity index (χ1) is 10.8. The van der Waals surface area contributed by atoms with Gasteiger partial charge in [0.15, 0.2) is 0 Å². The lowest BCUT2D eigenvalue weighted by Crippen LogP contribution is -2.11. The summed E-state index contributed by atoms with van der Waals surface area (Å²) in [6.07, 6.45) is 23.7. The molecule has 0 N–H and O–H groups in total. The molecule has 22 heavy (non-hydrogen) atoms. The first-order valence-corrected chi connectivity index (χ1v) is 10.8. The van der Waals surface area contributed by atoms with Gasteiger partial charge in [-0.05, 0) is 17.8 Å². The summed E-state index contributed by atoms with van der Waals surface area (Å²) in [5, 5.41) is 0. The average molecular weight is 309 g/mol. The molecule has 0 nitrogen and oxygen atoms in total. The second kappa shape index (κ2) is 13.4. The third kappa shape index (κ3) is 9.21. The number of rotatable bonds is 13. The molecule has 1 aliphatic rings. The molecule has 1 rings (SSSR count). The zero-order valence-electron chi connectivity index (χ0n) is 16.0. The van der Waals surface area contributed by atoms with E-state index in [1.807, 2.05) is 0 Å². The standard InChI is InChI=1S/C22H44/c1-4-6-7-8-12-19-22(5-2)20(3)15-13-14-18-21-16-10-9-11-17-21/h20-22H,4-19H2,1-3H3. The van der Waals surface area contributed by atoms with Gasteiger partial charge in [-0.1, -0.05) is 124 Å². The largest absolute Gasteiger partial charge is 0.0654 e. The third-order valence-electron chi connectivity index (χ3n) is 6.25. The predicted octanol–water partition coefficient (Wildman–Crippen LogP) is 8.15. The number of hydrogen-bond acceptors (Lipinski definition) is 0. The quantitative estimate of drug-likeness (QED) is 0.301. The molecule has 0 aromatic carbocycles. The molecule has 2 unspecified atom stereocenters. The molecule has 0 saturated heterocycles. The summed E-state index contributed by atoms with van der Waals surface area (Å²) >= 11 is 0. The van der Waals surface area contributed by atoms with E-state index in [-0.39, 0.29) is 0 Å². The predicted molar refractivity (Wildman–Crippen MR) is 101 cm³/mol. The molecule has 0 aliphatic heterocycles. The van der Waals surface area contributed by atoms with Crippen LogP contribution in [0.1, 0.15) is 124 Å². The Balaban J connectivity index is 2.03. The molecule has 1 saturated carbocycles. The Bertz CT molecular complexity index is 226. The first kappa shape index (κ1) is 20.0. The van der Waals surface area contributed by atoms with Crippen LogP contribution in [0.5, 0.6) is 0 Å². The van der Waals surface area contributed by atoms with Gasteiger partial charge in [-0.25, -0.2) is 0 Å². The normalized spacial score (nSPS) is 19.2. The van der Waals surface area contributed by atoms with Gasteiger partial charge in [0.2, 0.25) is 0 Å². The Morgan fingerprint density at radius 1 is 0.773 bits per heavy atom. The molecule has 0 aromatic heterocycles. The van der Waals surface area contributed by atoms with E-state index in [9.17, 15) is 0 Å². The Hall–Kier alpha value is 0. The van der Waals surface area contributed by atoms with Gasteiger partial charge in [0.25, 0.3) is 0 Å². The van der Waals surface area contributed by atoms with Crippen molar-refractivity contribution >= 4 is 0 Å². The van der Waals surface area contributed by atoms with Gasteiger partial charge < -0.3 is 0 Å². The highest BCUT2D eigenvalue weighted by Gasteiger charge is 2.16. The summed E-state index contributed by atoms with van der Waals surface area (Å²) in [5.74, 6) is 3.04. The Morgan fingerprint density at radius 2 is 1.45 bits per heavy atom. The van der Waals surface area contributed by atoms with Crippen LogP contribution in [0.3, 0.4) is 0 Å². The molecule has 132 valence electrons. The number of hydrogen-bond donors (Lipinski definition) is 0. The minimum atomic E-state index is 0.961. The third-order valence-corrected chi connectivity index (χ3v) is 6.25. The van der Waals surface area contributed by atoms with Crippen molar-refractivity contribution in [2.75, 3.05) is 0 Å². The second-order valence-corrected chi connectivity index (χ2v) is 8.14. The van der Waals surface area contributed by atoms with Crippen LogP contribution in [0.4, 0.5) is 0 Å². The lowest BCUT2D eigenvalue weighted by molar-refractivity contribution is 0.280. The van der Waals surface area contributed by atoms with Crippen LogP contribution >= 0.6 is 0 Å². The van der Waals surface area contributed by atoms with Crippen molar-refractivity contribution in [1.29, 1.82) is 0 Å². The molecular formula is C22H44. The van der Waals surface area contributed by atoms with E-state index in [2.05, 4.69) is 20.8 Å². The minimum Gasteiger partial charge on any atom is -0.0654 e. The topological polar surface area (TPSA) is 0 Å². The van der Waals surface area contributed by atoms with Crippen molar-refractivity contribution in [3.63, 3.8) is 0 Å². The van der Waals surface area contributed by atoms with Crippen molar-refractivity contribution in [1.82, 2.24) is 0 Å². The van der Waals surface area contributed by atoms with E-state index < -0.39 is 0 Å². The highest BCUT2D eigenvalue weighted by Crippen LogP contribution is 2.30. The average Bonchev–Trinajstić information content (AvgIpc) is 2.56. The summed E-state index contributed by atoms with van der Waals surface area (Å²) in [6.45, 7) is 7.25. The van der Waals surface area contributed by atoms with Crippen molar-refractivity contribution in [3.05, 3.63) is 0 Å². The summed E-state index contributed by atoms with van der Waals surface area (Å²) in [4.78, 5) is 0. The molecule has 1 fully saturated rings. The molecule has 2 atom stereocenters. The maximum atomic E-state index is 2.53. The van der Waals surface area contributed by atoms with E-state index in [1.165, 1.54) is 103 Å². The Morgan fingerprint density at radius 3 is 2.14 bits per heavy atom. The summed E-state index contributed by atoms with van der Waals surface area (Å²) in [5.41, 5.74) is 0. The van der Waals surface area contributed by atoms with Gasteiger partial charge >= 0.3 is 0 Å². The van der Waals surface area contributed by atoms with Gasteiger partial charge in [0, 0.05) is 0 Å². The summed E-state index contributed by atoms with van der Waals surface area (Å²) < 4.78 is 0. The fourth-order valence-electron chi connectivity index (χ4n) is 4.51. The first-order valence-electron chi connectivity index (χ1n) is 10.8. The molecule has 0 amide bonds. The van der Waals surface area contributed by atoms with Gasteiger partial charge in [-0.3, -0.25) is 0 Å². The van der Waals surface area contributed by atoms with Crippen LogP contribution in [-0.4, -0.2) is 0 Å². The van der Waals surface area contributed by atoms with Gasteiger partial charge in [-0.2, -0.15) is 0 Å². The maximum absolute atomic E-state index is 2.53. The fraction of sp³-hybridized carbons (Fsp3) is 1.00. The SMILES string of the molecule is CCCCCCCC(CC)C(C)CCCCC1CCCCC1. The molecule has 1 aliphatic carbocycles. The molecule has 0 heterocycles. The van der Waals surface area contributed by atoms with Gasteiger partial charge in [-0.15, -0.1) is 0 Å². The molecule has 0 bridgehead atoms. The van der Waals surface area contributed by atoms with Crippen LogP contribution in [0.2, 0.25) is 0 Å². The van der Waals surface area contributed by atoms with Gasteiger partial charge in [0.05, 0.1) is 0 Å². The van der Waals surface area contributed by atoms with Crippen molar-refractivity contribution in [3.8, 4) is 0 Å². The van der Waals surface area contributed by atoms with Crippen LogP contribution in [0.15, 0.2) is 0 Å². The van der Waals surface area contributed by atoms with Crippen molar-refractivity contribution < 1.29 is 0 Å². The highest BCUT2D eigenvalue weighted by molar-refractivity contribution is 4.68. The molecule has 0 heteroatoms. The zero-order chi connectivity index (χ0) is 16.0. The van der Waals surface area contributed by atoms with E-state index in [0.29, 0.717) is 0 Å². The van der Waals surface area contributed by atoms with Crippen LogP contribution in [0, 0.1) is 17.8 Å². The fourth-order valence-corrected chi connectivity index (χ4v) is 4.51. The van der Waals surface area contributed by atoms with Crippen LogP contribution in [-0.2, 0) is 0 Å². The monoisotopic (exact) mass is 308 g/mol. The summed E-state index contributed by atoms with van der Waals surface area (Å²) in [7, 11) is 0. The zero-order valence-corrected chi connectivity index (χ0v) is 16.0.